The lowest BCUT2D eigenvalue weighted by atomic mass is 9.68. The molecule has 1 spiro atoms. The molecule has 0 radical (unpaired) electrons. The highest BCUT2D eigenvalue weighted by molar-refractivity contribution is 5.80. The molecule has 1 unspecified atom stereocenters. The lowest BCUT2D eigenvalue weighted by molar-refractivity contribution is 0.151. The maximum Gasteiger partial charge on any atom is 0.193 e. The Morgan fingerprint density at radius 1 is 1.29 bits per heavy atom. The van der Waals surface area contributed by atoms with Crippen LogP contribution in [-0.2, 0) is 0 Å². The van der Waals surface area contributed by atoms with Crippen molar-refractivity contribution in [2.45, 2.75) is 58.8 Å². The summed E-state index contributed by atoms with van der Waals surface area (Å²) in [6.07, 6.45) is 8.78. The maximum atomic E-state index is 9.18. The van der Waals surface area contributed by atoms with Gasteiger partial charge in [-0.15, -0.1) is 0 Å². The number of likely N-dealkylation sites (tertiary alicyclic amines) is 1. The fraction of sp³-hybridized carbons (Fsp3) is 0.941. The van der Waals surface area contributed by atoms with Crippen LogP contribution in [0.1, 0.15) is 58.8 Å². The predicted molar refractivity (Wildman–Crippen MR) is 88.6 cm³/mol. The first-order valence-electron chi connectivity index (χ1n) is 8.87. The summed E-state index contributed by atoms with van der Waals surface area (Å²) in [5.74, 6) is 1.62. The summed E-state index contributed by atoms with van der Waals surface area (Å²) in [4.78, 5) is 7.34. The van der Waals surface area contributed by atoms with Crippen molar-refractivity contribution in [3.05, 3.63) is 0 Å². The molecule has 4 nitrogen and oxygen atoms in total. The molecule has 0 amide bonds. The first-order valence-corrected chi connectivity index (χ1v) is 8.87. The number of aliphatic hydroxyl groups is 1. The molecule has 0 aromatic heterocycles. The molecule has 1 aliphatic carbocycles. The standard InChI is InChI=1S/C17H33N3O/c1-3-6-15(7-12-21)13-19-16(18-4-2)20-11-10-17(14-20)8-5-9-17/h15,21H,3-14H2,1-2H3,(H,18,19). The molecular formula is C17H33N3O. The topological polar surface area (TPSA) is 47.9 Å². The molecule has 21 heavy (non-hydrogen) atoms. The second-order valence-electron chi connectivity index (χ2n) is 6.89. The van der Waals surface area contributed by atoms with Crippen molar-refractivity contribution in [1.82, 2.24) is 10.2 Å². The largest absolute Gasteiger partial charge is 0.396 e. The molecule has 122 valence electrons. The highest BCUT2D eigenvalue weighted by Crippen LogP contribution is 2.47. The van der Waals surface area contributed by atoms with E-state index < -0.39 is 0 Å². The van der Waals surface area contributed by atoms with Crippen LogP contribution in [0.4, 0.5) is 0 Å². The van der Waals surface area contributed by atoms with Crippen LogP contribution in [0.15, 0.2) is 4.99 Å². The molecule has 0 aromatic carbocycles. The molecule has 0 bridgehead atoms. The van der Waals surface area contributed by atoms with Crippen LogP contribution in [0.3, 0.4) is 0 Å². The zero-order valence-corrected chi connectivity index (χ0v) is 13.9. The van der Waals surface area contributed by atoms with Crippen LogP contribution in [0.2, 0.25) is 0 Å². The molecule has 1 saturated heterocycles. The molecular weight excluding hydrogens is 262 g/mol. The van der Waals surface area contributed by atoms with E-state index in [9.17, 15) is 5.11 Å². The third-order valence-electron chi connectivity index (χ3n) is 5.22. The molecule has 1 aliphatic heterocycles. The number of hydrogen-bond donors (Lipinski definition) is 2. The summed E-state index contributed by atoms with van der Waals surface area (Å²) < 4.78 is 0. The summed E-state index contributed by atoms with van der Waals surface area (Å²) in [5, 5.41) is 12.6. The quantitative estimate of drug-likeness (QED) is 0.561. The number of aliphatic imine (C=N–C) groups is 1. The smallest absolute Gasteiger partial charge is 0.193 e. The molecule has 2 fully saturated rings. The van der Waals surface area contributed by atoms with Crippen molar-refractivity contribution in [3.63, 3.8) is 0 Å². The van der Waals surface area contributed by atoms with E-state index in [0.717, 1.165) is 38.4 Å². The van der Waals surface area contributed by atoms with Gasteiger partial charge >= 0.3 is 0 Å². The average Bonchev–Trinajstić information content (AvgIpc) is 2.89. The molecule has 1 saturated carbocycles. The van der Waals surface area contributed by atoms with E-state index in [1.165, 1.54) is 38.6 Å². The van der Waals surface area contributed by atoms with E-state index in [2.05, 4.69) is 24.1 Å². The van der Waals surface area contributed by atoms with Crippen LogP contribution >= 0.6 is 0 Å². The fourth-order valence-corrected chi connectivity index (χ4v) is 3.76. The van der Waals surface area contributed by atoms with Crippen molar-refractivity contribution in [2.24, 2.45) is 16.3 Å². The lowest BCUT2D eigenvalue weighted by Crippen LogP contribution is -2.42. The van der Waals surface area contributed by atoms with Gasteiger partial charge in [-0.1, -0.05) is 19.8 Å². The lowest BCUT2D eigenvalue weighted by Gasteiger charge is -2.38. The molecule has 2 rings (SSSR count). The molecule has 0 aromatic rings. The van der Waals surface area contributed by atoms with Crippen molar-refractivity contribution < 1.29 is 5.11 Å². The summed E-state index contributed by atoms with van der Waals surface area (Å²) in [5.41, 5.74) is 0.615. The van der Waals surface area contributed by atoms with Gasteiger partial charge in [-0.05, 0) is 50.4 Å². The third-order valence-corrected chi connectivity index (χ3v) is 5.22. The van der Waals surface area contributed by atoms with Crippen molar-refractivity contribution >= 4 is 5.96 Å². The number of aliphatic hydroxyl groups excluding tert-OH is 1. The molecule has 1 atom stereocenters. The molecule has 2 aliphatic rings. The Kier molecular flexibility index (Phi) is 6.34. The summed E-state index contributed by atoms with van der Waals surface area (Å²) >= 11 is 0. The summed E-state index contributed by atoms with van der Waals surface area (Å²) in [6.45, 7) is 8.76. The van der Waals surface area contributed by atoms with E-state index in [4.69, 9.17) is 4.99 Å². The zero-order valence-electron chi connectivity index (χ0n) is 13.9. The third kappa shape index (κ3) is 4.35. The minimum atomic E-state index is 0.281. The Hall–Kier alpha value is -0.770. The second-order valence-corrected chi connectivity index (χ2v) is 6.89. The van der Waals surface area contributed by atoms with Crippen LogP contribution in [0.25, 0.3) is 0 Å². The highest BCUT2D eigenvalue weighted by Gasteiger charge is 2.43. The van der Waals surface area contributed by atoms with Gasteiger partial charge in [0, 0.05) is 32.8 Å². The van der Waals surface area contributed by atoms with Gasteiger partial charge in [0.05, 0.1) is 0 Å². The van der Waals surface area contributed by atoms with Crippen LogP contribution < -0.4 is 5.32 Å². The number of nitrogens with one attached hydrogen (secondary N) is 1. The van der Waals surface area contributed by atoms with Gasteiger partial charge in [0.1, 0.15) is 0 Å². The van der Waals surface area contributed by atoms with E-state index in [1.807, 2.05) is 0 Å². The Labute approximate surface area is 130 Å². The zero-order chi connectivity index (χ0) is 15.1. The maximum absolute atomic E-state index is 9.18. The first-order chi connectivity index (χ1) is 10.2. The Morgan fingerprint density at radius 3 is 2.62 bits per heavy atom. The van der Waals surface area contributed by atoms with Crippen LogP contribution in [-0.4, -0.2) is 48.8 Å². The summed E-state index contributed by atoms with van der Waals surface area (Å²) in [6, 6.07) is 0. The molecule has 2 N–H and O–H groups in total. The summed E-state index contributed by atoms with van der Waals surface area (Å²) in [7, 11) is 0. The minimum absolute atomic E-state index is 0.281. The second kappa shape index (κ2) is 8.02. The number of guanidine groups is 1. The Morgan fingerprint density at radius 2 is 2.10 bits per heavy atom. The van der Waals surface area contributed by atoms with Crippen molar-refractivity contribution in [2.75, 3.05) is 32.8 Å². The van der Waals surface area contributed by atoms with Gasteiger partial charge in [0.2, 0.25) is 0 Å². The van der Waals surface area contributed by atoms with E-state index in [-0.39, 0.29) is 6.61 Å². The van der Waals surface area contributed by atoms with Crippen molar-refractivity contribution in [3.8, 4) is 0 Å². The molecule has 4 heteroatoms. The van der Waals surface area contributed by atoms with E-state index in [1.54, 1.807) is 0 Å². The van der Waals surface area contributed by atoms with E-state index >= 15 is 0 Å². The molecule has 1 heterocycles. The van der Waals surface area contributed by atoms with Gasteiger partial charge in [0.15, 0.2) is 5.96 Å². The van der Waals surface area contributed by atoms with Gasteiger partial charge in [-0.25, -0.2) is 0 Å². The van der Waals surface area contributed by atoms with Gasteiger partial charge in [0.25, 0.3) is 0 Å². The SMILES string of the molecule is CCCC(CCO)CN=C(NCC)N1CCC2(CCC2)C1. The van der Waals surface area contributed by atoms with Crippen LogP contribution in [0.5, 0.6) is 0 Å². The minimum Gasteiger partial charge on any atom is -0.396 e. The highest BCUT2D eigenvalue weighted by atomic mass is 16.3. The number of nitrogens with zero attached hydrogens (tertiary/aromatic N) is 2. The Balaban J connectivity index is 1.92. The fourth-order valence-electron chi connectivity index (χ4n) is 3.76. The Bertz CT molecular complexity index is 333. The number of hydrogen-bond acceptors (Lipinski definition) is 2. The van der Waals surface area contributed by atoms with Crippen LogP contribution in [0, 0.1) is 11.3 Å². The number of rotatable bonds is 7. The van der Waals surface area contributed by atoms with Crippen molar-refractivity contribution in [1.29, 1.82) is 0 Å². The average molecular weight is 295 g/mol. The normalized spacial score (nSPS) is 22.4. The predicted octanol–water partition coefficient (Wildman–Crippen LogP) is 2.63. The first kappa shape index (κ1) is 16.6. The van der Waals surface area contributed by atoms with Gasteiger partial charge < -0.3 is 15.3 Å². The van der Waals surface area contributed by atoms with Gasteiger partial charge in [-0.3, -0.25) is 4.99 Å². The van der Waals surface area contributed by atoms with E-state index in [0.29, 0.717) is 11.3 Å². The van der Waals surface area contributed by atoms with Gasteiger partial charge in [-0.2, -0.15) is 0 Å². The monoisotopic (exact) mass is 295 g/mol.